The lowest BCUT2D eigenvalue weighted by Crippen LogP contribution is -2.52. The zero-order chi connectivity index (χ0) is 14.0. The van der Waals surface area contributed by atoms with Crippen LogP contribution < -0.4 is 5.32 Å². The molecule has 3 unspecified atom stereocenters. The lowest BCUT2D eigenvalue weighted by atomic mass is 9.99. The van der Waals surface area contributed by atoms with Gasteiger partial charge in [0.2, 0.25) is 0 Å². The molecular formula is C13H23N3O3. The van der Waals surface area contributed by atoms with E-state index >= 15 is 0 Å². The van der Waals surface area contributed by atoms with E-state index in [0.717, 1.165) is 25.9 Å². The topological polar surface area (TPSA) is 72.9 Å². The van der Waals surface area contributed by atoms with E-state index in [-0.39, 0.29) is 12.1 Å². The minimum absolute atomic E-state index is 0.163. The van der Waals surface area contributed by atoms with Gasteiger partial charge in [0.15, 0.2) is 0 Å². The minimum atomic E-state index is -0.983. The fourth-order valence-corrected chi connectivity index (χ4v) is 3.02. The largest absolute Gasteiger partial charge is 0.480 e. The minimum Gasteiger partial charge on any atom is -0.480 e. The van der Waals surface area contributed by atoms with E-state index in [1.54, 1.807) is 0 Å². The van der Waals surface area contributed by atoms with Gasteiger partial charge in [0.05, 0.1) is 0 Å². The van der Waals surface area contributed by atoms with Crippen molar-refractivity contribution in [1.29, 1.82) is 0 Å². The number of amides is 2. The van der Waals surface area contributed by atoms with Crippen molar-refractivity contribution in [2.24, 2.45) is 0 Å². The number of rotatable bonds is 3. The molecule has 0 radical (unpaired) electrons. The summed E-state index contributed by atoms with van der Waals surface area (Å²) in [6.07, 6.45) is 4.55. The number of carbonyl (C=O) groups is 2. The molecule has 2 N–H and O–H groups in total. The van der Waals surface area contributed by atoms with Crippen molar-refractivity contribution in [3.63, 3.8) is 0 Å². The number of carboxylic acid groups (broad SMARTS) is 1. The quantitative estimate of drug-likeness (QED) is 0.792. The molecule has 2 heterocycles. The second-order valence-electron chi connectivity index (χ2n) is 5.57. The van der Waals surface area contributed by atoms with Gasteiger partial charge in [-0.25, -0.2) is 9.59 Å². The van der Waals surface area contributed by atoms with Crippen LogP contribution in [0.25, 0.3) is 0 Å². The Bertz CT molecular complexity index is 361. The number of hydrogen-bond donors (Lipinski definition) is 2. The van der Waals surface area contributed by atoms with E-state index in [2.05, 4.69) is 10.2 Å². The van der Waals surface area contributed by atoms with Crippen LogP contribution in [0.4, 0.5) is 4.79 Å². The maximum absolute atomic E-state index is 12.1. The molecule has 0 aromatic heterocycles. The van der Waals surface area contributed by atoms with Crippen LogP contribution in [-0.4, -0.2) is 65.2 Å². The zero-order valence-corrected chi connectivity index (χ0v) is 11.6. The first-order valence-corrected chi connectivity index (χ1v) is 7.01. The van der Waals surface area contributed by atoms with Crippen LogP contribution in [0.5, 0.6) is 0 Å². The first kappa shape index (κ1) is 14.1. The molecule has 0 aromatic carbocycles. The highest BCUT2D eigenvalue weighted by Gasteiger charge is 2.37. The molecule has 2 amide bonds. The Kier molecular flexibility index (Phi) is 4.29. The summed E-state index contributed by atoms with van der Waals surface area (Å²) >= 11 is 0. The van der Waals surface area contributed by atoms with Crippen molar-refractivity contribution < 1.29 is 14.7 Å². The number of nitrogens with one attached hydrogen (secondary N) is 1. The molecule has 2 fully saturated rings. The number of carbonyl (C=O) groups excluding carboxylic acids is 1. The molecule has 19 heavy (non-hydrogen) atoms. The molecule has 2 aliphatic heterocycles. The molecular weight excluding hydrogens is 246 g/mol. The zero-order valence-electron chi connectivity index (χ0n) is 11.6. The highest BCUT2D eigenvalue weighted by atomic mass is 16.4. The standard InChI is InChI=1S/C13H23N3O3/c1-9(12(17)18)15(2)13(19)14-10-6-8-16-7-4-3-5-11(10)16/h9-11H,3-8H2,1-2H3,(H,14,19)(H,17,18). The van der Waals surface area contributed by atoms with E-state index in [1.165, 1.54) is 31.7 Å². The predicted molar refractivity (Wildman–Crippen MR) is 71.0 cm³/mol. The number of piperidine rings is 1. The molecule has 0 aliphatic carbocycles. The van der Waals surface area contributed by atoms with Crippen LogP contribution in [0.15, 0.2) is 0 Å². The third-order valence-electron chi connectivity index (χ3n) is 4.42. The first-order valence-electron chi connectivity index (χ1n) is 7.01. The van der Waals surface area contributed by atoms with E-state index in [1.807, 2.05) is 0 Å². The maximum Gasteiger partial charge on any atom is 0.326 e. The van der Waals surface area contributed by atoms with Crippen molar-refractivity contribution in [1.82, 2.24) is 15.1 Å². The summed E-state index contributed by atoms with van der Waals surface area (Å²) in [7, 11) is 1.53. The Hall–Kier alpha value is -1.30. The number of urea groups is 1. The molecule has 0 aromatic rings. The van der Waals surface area contributed by atoms with Crippen LogP contribution >= 0.6 is 0 Å². The second kappa shape index (κ2) is 5.77. The average molecular weight is 269 g/mol. The second-order valence-corrected chi connectivity index (χ2v) is 5.57. The van der Waals surface area contributed by atoms with Gasteiger partial charge in [0.1, 0.15) is 6.04 Å². The average Bonchev–Trinajstić information content (AvgIpc) is 2.80. The van der Waals surface area contributed by atoms with Crippen LogP contribution in [-0.2, 0) is 4.79 Å². The number of aliphatic carboxylic acids is 1. The van der Waals surface area contributed by atoms with Crippen molar-refractivity contribution in [3.05, 3.63) is 0 Å². The normalized spacial score (nSPS) is 28.5. The molecule has 108 valence electrons. The molecule has 0 bridgehead atoms. The Morgan fingerprint density at radius 1 is 1.32 bits per heavy atom. The summed E-state index contributed by atoms with van der Waals surface area (Å²) in [5.41, 5.74) is 0. The van der Waals surface area contributed by atoms with Gasteiger partial charge < -0.3 is 15.3 Å². The first-order chi connectivity index (χ1) is 9.00. The third kappa shape index (κ3) is 3.00. The Labute approximate surface area is 113 Å². The highest BCUT2D eigenvalue weighted by Crippen LogP contribution is 2.27. The molecule has 0 saturated carbocycles. The number of fused-ring (bicyclic) bond motifs is 1. The Morgan fingerprint density at radius 3 is 2.74 bits per heavy atom. The SMILES string of the molecule is CC(C(=O)O)N(C)C(=O)NC1CCN2CCCCC12. The Balaban J connectivity index is 1.90. The number of nitrogens with zero attached hydrogens (tertiary/aromatic N) is 2. The molecule has 6 heteroatoms. The summed E-state index contributed by atoms with van der Waals surface area (Å²) in [6, 6.07) is -0.487. The van der Waals surface area contributed by atoms with Gasteiger partial charge in [0, 0.05) is 25.7 Å². The van der Waals surface area contributed by atoms with Gasteiger partial charge in [0.25, 0.3) is 0 Å². The van der Waals surface area contributed by atoms with Gasteiger partial charge >= 0.3 is 12.0 Å². The monoisotopic (exact) mass is 269 g/mol. The third-order valence-corrected chi connectivity index (χ3v) is 4.42. The maximum atomic E-state index is 12.1. The fourth-order valence-electron chi connectivity index (χ4n) is 3.02. The molecule has 2 aliphatic rings. The van der Waals surface area contributed by atoms with Gasteiger partial charge in [-0.05, 0) is 32.7 Å². The van der Waals surface area contributed by atoms with Gasteiger partial charge in [-0.2, -0.15) is 0 Å². The summed E-state index contributed by atoms with van der Waals surface area (Å²) in [5, 5.41) is 11.9. The molecule has 2 saturated heterocycles. The van der Waals surface area contributed by atoms with Crippen LogP contribution in [0.2, 0.25) is 0 Å². The Morgan fingerprint density at radius 2 is 2.05 bits per heavy atom. The summed E-state index contributed by atoms with van der Waals surface area (Å²) < 4.78 is 0. The van der Waals surface area contributed by atoms with Crippen LogP contribution in [0.1, 0.15) is 32.6 Å². The van der Waals surface area contributed by atoms with Gasteiger partial charge in [-0.3, -0.25) is 4.90 Å². The number of likely N-dealkylation sites (N-methyl/N-ethyl adjacent to an activating group) is 1. The molecule has 2 rings (SSSR count). The van der Waals surface area contributed by atoms with Crippen molar-refractivity contribution in [2.75, 3.05) is 20.1 Å². The van der Waals surface area contributed by atoms with E-state index in [0.29, 0.717) is 6.04 Å². The predicted octanol–water partition coefficient (Wildman–Crippen LogP) is 0.728. The molecule has 0 spiro atoms. The number of hydrogen-bond acceptors (Lipinski definition) is 3. The highest BCUT2D eigenvalue weighted by molar-refractivity contribution is 5.82. The van der Waals surface area contributed by atoms with Gasteiger partial charge in [-0.1, -0.05) is 6.42 Å². The van der Waals surface area contributed by atoms with E-state index in [4.69, 9.17) is 5.11 Å². The van der Waals surface area contributed by atoms with Crippen LogP contribution in [0.3, 0.4) is 0 Å². The summed E-state index contributed by atoms with van der Waals surface area (Å²) in [6.45, 7) is 3.68. The lowest BCUT2D eigenvalue weighted by molar-refractivity contribution is -0.141. The fraction of sp³-hybridized carbons (Fsp3) is 0.846. The lowest BCUT2D eigenvalue weighted by Gasteiger charge is -2.33. The van der Waals surface area contributed by atoms with E-state index < -0.39 is 12.0 Å². The smallest absolute Gasteiger partial charge is 0.326 e. The summed E-state index contributed by atoms with van der Waals surface area (Å²) in [5.74, 6) is -0.983. The van der Waals surface area contributed by atoms with Crippen LogP contribution in [0, 0.1) is 0 Å². The van der Waals surface area contributed by atoms with Gasteiger partial charge in [-0.15, -0.1) is 0 Å². The van der Waals surface area contributed by atoms with Crippen molar-refractivity contribution in [2.45, 2.75) is 50.7 Å². The molecule has 3 atom stereocenters. The van der Waals surface area contributed by atoms with Crippen molar-refractivity contribution in [3.8, 4) is 0 Å². The number of carboxylic acids is 1. The summed E-state index contributed by atoms with van der Waals surface area (Å²) in [4.78, 5) is 26.6. The van der Waals surface area contributed by atoms with E-state index in [9.17, 15) is 9.59 Å². The molecule has 6 nitrogen and oxygen atoms in total. The van der Waals surface area contributed by atoms with Crippen molar-refractivity contribution >= 4 is 12.0 Å².